The number of ether oxygens (including phenoxy) is 1. The van der Waals surface area contributed by atoms with Gasteiger partial charge in [0.2, 0.25) is 0 Å². The van der Waals surface area contributed by atoms with Gasteiger partial charge in [0.25, 0.3) is 0 Å². The van der Waals surface area contributed by atoms with Crippen LogP contribution in [0.3, 0.4) is 0 Å². The number of aliphatic imine (C=N–C) groups is 1. The summed E-state index contributed by atoms with van der Waals surface area (Å²) in [6, 6.07) is 2.13. The molecule has 1 atom stereocenters. The average molecular weight is 348 g/mol. The summed E-state index contributed by atoms with van der Waals surface area (Å²) >= 11 is 1.70. The van der Waals surface area contributed by atoms with Crippen molar-refractivity contribution >= 4 is 27.1 Å². The Morgan fingerprint density at radius 1 is 1.41 bits per heavy atom. The van der Waals surface area contributed by atoms with Gasteiger partial charge in [-0.2, -0.15) is 11.3 Å². The smallest absolute Gasteiger partial charge is 0.191 e. The lowest BCUT2D eigenvalue weighted by atomic mass is 10.1. The molecular formula is C14H25N3O3S2. The third-order valence-electron chi connectivity index (χ3n) is 3.05. The maximum atomic E-state index is 10.9. The number of hydrogen-bond acceptors (Lipinski definition) is 5. The van der Waals surface area contributed by atoms with Crippen molar-refractivity contribution < 1.29 is 13.2 Å². The van der Waals surface area contributed by atoms with Gasteiger partial charge in [-0.3, -0.25) is 4.99 Å². The van der Waals surface area contributed by atoms with Crippen molar-refractivity contribution in [2.24, 2.45) is 4.99 Å². The first-order valence-electron chi connectivity index (χ1n) is 7.14. The van der Waals surface area contributed by atoms with Crippen molar-refractivity contribution in [2.75, 3.05) is 45.4 Å². The van der Waals surface area contributed by atoms with Crippen LogP contribution in [0, 0.1) is 0 Å². The molecular weight excluding hydrogens is 322 g/mol. The minimum atomic E-state index is -2.95. The Morgan fingerprint density at radius 2 is 2.18 bits per heavy atom. The molecule has 22 heavy (non-hydrogen) atoms. The van der Waals surface area contributed by atoms with E-state index in [2.05, 4.69) is 39.4 Å². The fourth-order valence-corrected chi connectivity index (χ4v) is 2.90. The third-order valence-corrected chi connectivity index (χ3v) is 4.66. The maximum Gasteiger partial charge on any atom is 0.191 e. The van der Waals surface area contributed by atoms with E-state index >= 15 is 0 Å². The van der Waals surface area contributed by atoms with Crippen LogP contribution in [0.25, 0.3) is 0 Å². The number of nitrogens with zero attached hydrogens (tertiary/aromatic N) is 1. The van der Waals surface area contributed by atoms with Crippen LogP contribution in [0.4, 0.5) is 0 Å². The lowest BCUT2D eigenvalue weighted by molar-refractivity contribution is 0.154. The first-order valence-corrected chi connectivity index (χ1v) is 10.1. The maximum absolute atomic E-state index is 10.9. The second-order valence-corrected chi connectivity index (χ2v) is 8.12. The van der Waals surface area contributed by atoms with Crippen LogP contribution < -0.4 is 10.6 Å². The van der Waals surface area contributed by atoms with E-state index in [1.54, 1.807) is 18.4 Å². The van der Waals surface area contributed by atoms with Crippen LogP contribution in [-0.2, 0) is 14.6 Å². The molecule has 0 spiro atoms. The van der Waals surface area contributed by atoms with Gasteiger partial charge in [0, 0.05) is 26.4 Å². The highest BCUT2D eigenvalue weighted by Gasteiger charge is 2.07. The highest BCUT2D eigenvalue weighted by Crippen LogP contribution is 2.16. The van der Waals surface area contributed by atoms with Crippen LogP contribution >= 0.6 is 11.3 Å². The summed E-state index contributed by atoms with van der Waals surface area (Å²) in [6.45, 7) is 4.20. The quantitative estimate of drug-likeness (QED) is 0.397. The summed E-state index contributed by atoms with van der Waals surface area (Å²) in [5.74, 6) is 1.18. The summed E-state index contributed by atoms with van der Waals surface area (Å²) < 4.78 is 27.1. The minimum Gasteiger partial charge on any atom is -0.379 e. The Morgan fingerprint density at radius 3 is 2.77 bits per heavy atom. The molecule has 0 aliphatic carbocycles. The monoisotopic (exact) mass is 347 g/mol. The van der Waals surface area contributed by atoms with Gasteiger partial charge in [0.05, 0.1) is 19.0 Å². The van der Waals surface area contributed by atoms with E-state index in [1.165, 1.54) is 11.8 Å². The van der Waals surface area contributed by atoms with E-state index in [1.807, 2.05) is 0 Å². The van der Waals surface area contributed by atoms with Gasteiger partial charge in [0.1, 0.15) is 9.84 Å². The summed E-state index contributed by atoms with van der Waals surface area (Å²) in [6.07, 6.45) is 1.20. The summed E-state index contributed by atoms with van der Waals surface area (Å²) in [5.41, 5.74) is 1.32. The van der Waals surface area contributed by atoms with E-state index in [9.17, 15) is 8.42 Å². The second-order valence-electron chi connectivity index (χ2n) is 5.08. The lowest BCUT2D eigenvalue weighted by Crippen LogP contribution is -2.40. The van der Waals surface area contributed by atoms with Crippen LogP contribution in [0.2, 0.25) is 0 Å². The first-order chi connectivity index (χ1) is 10.4. The van der Waals surface area contributed by atoms with Gasteiger partial charge in [-0.15, -0.1) is 0 Å². The molecule has 0 bridgehead atoms. The van der Waals surface area contributed by atoms with Gasteiger partial charge in [-0.1, -0.05) is 6.92 Å². The molecule has 0 radical (unpaired) electrons. The zero-order valence-corrected chi connectivity index (χ0v) is 15.0. The van der Waals surface area contributed by atoms with Gasteiger partial charge in [0.15, 0.2) is 5.96 Å². The van der Waals surface area contributed by atoms with Crippen molar-refractivity contribution in [3.05, 3.63) is 22.4 Å². The van der Waals surface area contributed by atoms with E-state index < -0.39 is 9.84 Å². The average Bonchev–Trinajstić information content (AvgIpc) is 2.98. The molecule has 0 saturated carbocycles. The molecule has 6 nitrogen and oxygen atoms in total. The molecule has 1 aromatic rings. The second kappa shape index (κ2) is 9.81. The SMILES string of the molecule is CN=C(NCCOCCS(C)(=O)=O)NCC(C)c1ccsc1. The van der Waals surface area contributed by atoms with E-state index in [0.29, 0.717) is 25.0 Å². The highest BCUT2D eigenvalue weighted by atomic mass is 32.2. The van der Waals surface area contributed by atoms with E-state index in [0.717, 1.165) is 6.54 Å². The molecule has 0 amide bonds. The summed E-state index contributed by atoms with van der Waals surface area (Å²) in [7, 11) is -1.24. The van der Waals surface area contributed by atoms with Gasteiger partial charge in [-0.05, 0) is 28.3 Å². The number of rotatable bonds is 9. The number of guanidine groups is 1. The van der Waals surface area contributed by atoms with Gasteiger partial charge >= 0.3 is 0 Å². The number of hydrogen-bond donors (Lipinski definition) is 2. The normalized spacial score (nSPS) is 13.9. The Kier molecular flexibility index (Phi) is 8.44. The van der Waals surface area contributed by atoms with Crippen molar-refractivity contribution in [1.29, 1.82) is 0 Å². The predicted molar refractivity (Wildman–Crippen MR) is 92.6 cm³/mol. The van der Waals surface area contributed by atoms with Crippen LogP contribution in [0.1, 0.15) is 18.4 Å². The number of sulfone groups is 1. The zero-order valence-electron chi connectivity index (χ0n) is 13.3. The Hall–Kier alpha value is -1.12. The fraction of sp³-hybridized carbons (Fsp3) is 0.643. The van der Waals surface area contributed by atoms with Crippen LogP contribution in [0.5, 0.6) is 0 Å². The van der Waals surface area contributed by atoms with Crippen molar-refractivity contribution in [3.63, 3.8) is 0 Å². The van der Waals surface area contributed by atoms with E-state index in [-0.39, 0.29) is 12.4 Å². The molecule has 1 rings (SSSR count). The largest absolute Gasteiger partial charge is 0.379 e. The Labute approximate surface area is 136 Å². The molecule has 1 heterocycles. The lowest BCUT2D eigenvalue weighted by Gasteiger charge is -2.15. The molecule has 0 aliphatic heterocycles. The molecule has 1 aromatic heterocycles. The highest BCUT2D eigenvalue weighted by molar-refractivity contribution is 7.90. The zero-order chi connectivity index (χ0) is 16.4. The third kappa shape index (κ3) is 8.35. The molecule has 126 valence electrons. The molecule has 2 N–H and O–H groups in total. The van der Waals surface area contributed by atoms with Gasteiger partial charge in [-0.25, -0.2) is 8.42 Å². The molecule has 0 fully saturated rings. The minimum absolute atomic E-state index is 0.0537. The van der Waals surface area contributed by atoms with Crippen molar-refractivity contribution in [2.45, 2.75) is 12.8 Å². The fourth-order valence-electron chi connectivity index (χ4n) is 1.70. The molecule has 0 saturated heterocycles. The predicted octanol–water partition coefficient (Wildman–Crippen LogP) is 1.08. The molecule has 0 aromatic carbocycles. The first kappa shape index (κ1) is 18.9. The summed E-state index contributed by atoms with van der Waals surface area (Å²) in [4.78, 5) is 4.14. The topological polar surface area (TPSA) is 79.8 Å². The van der Waals surface area contributed by atoms with Gasteiger partial charge < -0.3 is 15.4 Å². The van der Waals surface area contributed by atoms with Crippen LogP contribution in [-0.4, -0.2) is 59.7 Å². The van der Waals surface area contributed by atoms with Crippen molar-refractivity contribution in [1.82, 2.24) is 10.6 Å². The Balaban J connectivity index is 2.15. The molecule has 1 unspecified atom stereocenters. The Bertz CT molecular complexity index is 542. The van der Waals surface area contributed by atoms with Crippen molar-refractivity contribution in [3.8, 4) is 0 Å². The summed E-state index contributed by atoms with van der Waals surface area (Å²) in [5, 5.41) is 10.6. The number of thiophene rings is 1. The number of nitrogens with one attached hydrogen (secondary N) is 2. The molecule has 0 aliphatic rings. The molecule has 8 heteroatoms. The standard InChI is InChI=1S/C14H25N3O3S2/c1-12(13-4-8-21-11-13)10-17-14(15-2)16-5-6-20-7-9-22(3,18)19/h4,8,11-12H,5-7,9-10H2,1-3H3,(H2,15,16,17). The van der Waals surface area contributed by atoms with E-state index in [4.69, 9.17) is 4.74 Å². The van der Waals surface area contributed by atoms with Crippen LogP contribution in [0.15, 0.2) is 21.8 Å².